The van der Waals surface area contributed by atoms with Gasteiger partial charge < -0.3 is 5.32 Å². The number of piperazine rings is 1. The van der Waals surface area contributed by atoms with Crippen LogP contribution in [0.15, 0.2) is 0 Å². The number of nitrogens with zero attached hydrogens (tertiary/aromatic N) is 1. The van der Waals surface area contributed by atoms with Gasteiger partial charge >= 0.3 is 0 Å². The van der Waals surface area contributed by atoms with Gasteiger partial charge in [0, 0.05) is 30.7 Å². The zero-order valence-electron chi connectivity index (χ0n) is 12.8. The van der Waals surface area contributed by atoms with E-state index in [0.717, 1.165) is 18.0 Å². The Morgan fingerprint density at radius 2 is 1.72 bits per heavy atom. The molecule has 2 aliphatic rings. The van der Waals surface area contributed by atoms with Gasteiger partial charge in [0.25, 0.3) is 0 Å². The van der Waals surface area contributed by atoms with Crippen LogP contribution in [0.1, 0.15) is 66.2 Å². The van der Waals surface area contributed by atoms with Gasteiger partial charge in [0.2, 0.25) is 0 Å². The third kappa shape index (κ3) is 2.75. The molecule has 0 aromatic heterocycles. The fraction of sp³-hybridized carbons (Fsp3) is 1.00. The van der Waals surface area contributed by atoms with Gasteiger partial charge in [0.15, 0.2) is 0 Å². The summed E-state index contributed by atoms with van der Waals surface area (Å²) in [5, 5.41) is 3.89. The highest BCUT2D eigenvalue weighted by Crippen LogP contribution is 2.39. The molecule has 1 aliphatic carbocycles. The molecule has 0 aromatic carbocycles. The molecule has 1 saturated heterocycles. The molecule has 0 aromatic rings. The van der Waals surface area contributed by atoms with Crippen molar-refractivity contribution in [1.82, 2.24) is 10.2 Å². The molecule has 2 rings (SSSR count). The van der Waals surface area contributed by atoms with E-state index in [4.69, 9.17) is 0 Å². The maximum atomic E-state index is 3.89. The lowest BCUT2D eigenvalue weighted by Gasteiger charge is -2.50. The summed E-state index contributed by atoms with van der Waals surface area (Å²) >= 11 is 0. The first-order valence-corrected chi connectivity index (χ1v) is 8.20. The van der Waals surface area contributed by atoms with E-state index in [1.807, 2.05) is 0 Å². The molecule has 0 spiro atoms. The Morgan fingerprint density at radius 3 is 2.17 bits per heavy atom. The van der Waals surface area contributed by atoms with Crippen LogP contribution in [0, 0.1) is 5.92 Å². The van der Waals surface area contributed by atoms with Crippen molar-refractivity contribution in [2.45, 2.75) is 83.8 Å². The van der Waals surface area contributed by atoms with Crippen molar-refractivity contribution >= 4 is 0 Å². The number of nitrogens with one attached hydrogen (secondary N) is 1. The van der Waals surface area contributed by atoms with E-state index in [2.05, 4.69) is 37.9 Å². The van der Waals surface area contributed by atoms with E-state index in [9.17, 15) is 0 Å². The largest absolute Gasteiger partial charge is 0.308 e. The van der Waals surface area contributed by atoms with Crippen molar-refractivity contribution in [3.05, 3.63) is 0 Å². The van der Waals surface area contributed by atoms with Gasteiger partial charge in [0.1, 0.15) is 0 Å². The summed E-state index contributed by atoms with van der Waals surface area (Å²) in [5.74, 6) is 0.991. The average molecular weight is 252 g/mol. The first-order chi connectivity index (χ1) is 8.69. The molecular formula is C16H32N2. The molecule has 2 nitrogen and oxygen atoms in total. The molecule has 18 heavy (non-hydrogen) atoms. The van der Waals surface area contributed by atoms with E-state index in [-0.39, 0.29) is 0 Å². The number of hydrogen-bond donors (Lipinski definition) is 1. The van der Waals surface area contributed by atoms with Gasteiger partial charge in [-0.05, 0) is 44.4 Å². The summed E-state index contributed by atoms with van der Waals surface area (Å²) < 4.78 is 0. The van der Waals surface area contributed by atoms with Crippen LogP contribution in [0.3, 0.4) is 0 Å². The second-order valence-electron chi connectivity index (χ2n) is 6.42. The monoisotopic (exact) mass is 252 g/mol. The lowest BCUT2D eigenvalue weighted by molar-refractivity contribution is 0.0240. The van der Waals surface area contributed by atoms with Crippen LogP contribution >= 0.6 is 0 Å². The smallest absolute Gasteiger partial charge is 0.0304 e. The molecule has 0 radical (unpaired) electrons. The molecule has 1 saturated carbocycles. The first-order valence-electron chi connectivity index (χ1n) is 8.20. The third-order valence-corrected chi connectivity index (χ3v) is 5.53. The van der Waals surface area contributed by atoms with E-state index >= 15 is 0 Å². The predicted molar refractivity (Wildman–Crippen MR) is 78.9 cm³/mol. The van der Waals surface area contributed by atoms with Gasteiger partial charge in [-0.15, -0.1) is 0 Å². The lowest BCUT2D eigenvalue weighted by Crippen LogP contribution is -2.66. The van der Waals surface area contributed by atoms with Crippen molar-refractivity contribution in [3.8, 4) is 0 Å². The average Bonchev–Trinajstić information content (AvgIpc) is 3.24. The third-order valence-electron chi connectivity index (χ3n) is 5.53. The van der Waals surface area contributed by atoms with E-state index in [0.29, 0.717) is 5.54 Å². The fourth-order valence-corrected chi connectivity index (χ4v) is 3.76. The quantitative estimate of drug-likeness (QED) is 0.779. The zero-order chi connectivity index (χ0) is 13.2. The molecule has 0 bridgehead atoms. The van der Waals surface area contributed by atoms with Crippen LogP contribution in [0.2, 0.25) is 0 Å². The van der Waals surface area contributed by atoms with Crippen molar-refractivity contribution in [2.24, 2.45) is 5.92 Å². The summed E-state index contributed by atoms with van der Waals surface area (Å²) in [6.45, 7) is 11.9. The van der Waals surface area contributed by atoms with Crippen molar-refractivity contribution in [2.75, 3.05) is 13.1 Å². The normalized spacial score (nSPS) is 28.8. The number of hydrogen-bond acceptors (Lipinski definition) is 2. The summed E-state index contributed by atoms with van der Waals surface area (Å²) in [4.78, 5) is 2.88. The minimum Gasteiger partial charge on any atom is -0.308 e. The molecule has 1 N–H and O–H groups in total. The van der Waals surface area contributed by atoms with Crippen molar-refractivity contribution in [3.63, 3.8) is 0 Å². The molecule has 1 unspecified atom stereocenters. The van der Waals surface area contributed by atoms with Gasteiger partial charge in [-0.1, -0.05) is 27.7 Å². The second-order valence-corrected chi connectivity index (χ2v) is 6.42. The van der Waals surface area contributed by atoms with Crippen LogP contribution in [-0.2, 0) is 0 Å². The van der Waals surface area contributed by atoms with Crippen LogP contribution in [-0.4, -0.2) is 35.6 Å². The Morgan fingerprint density at radius 1 is 1.11 bits per heavy atom. The molecule has 2 fully saturated rings. The first kappa shape index (κ1) is 14.3. The van der Waals surface area contributed by atoms with Crippen LogP contribution in [0.25, 0.3) is 0 Å². The Bertz CT molecular complexity index is 252. The summed E-state index contributed by atoms with van der Waals surface area (Å²) in [7, 11) is 0. The minimum atomic E-state index is 0.383. The zero-order valence-corrected chi connectivity index (χ0v) is 12.8. The Balaban J connectivity index is 2.11. The maximum absolute atomic E-state index is 3.89. The van der Waals surface area contributed by atoms with Crippen LogP contribution in [0.4, 0.5) is 0 Å². The Kier molecular flexibility index (Phi) is 4.71. The van der Waals surface area contributed by atoms with Crippen LogP contribution in [0.5, 0.6) is 0 Å². The predicted octanol–water partition coefficient (Wildman–Crippen LogP) is 3.42. The van der Waals surface area contributed by atoms with Gasteiger partial charge in [0.05, 0.1) is 0 Å². The molecule has 106 valence electrons. The molecular weight excluding hydrogens is 220 g/mol. The SMILES string of the molecule is CCC(CC)N1CC(CC)(CC)NCC1C1CC1. The summed E-state index contributed by atoms with van der Waals surface area (Å²) in [6.07, 6.45) is 8.07. The molecule has 2 heteroatoms. The van der Waals surface area contributed by atoms with Gasteiger partial charge in [-0.25, -0.2) is 0 Å². The van der Waals surface area contributed by atoms with Crippen LogP contribution < -0.4 is 5.32 Å². The second kappa shape index (κ2) is 5.92. The van der Waals surface area contributed by atoms with Crippen molar-refractivity contribution < 1.29 is 0 Å². The maximum Gasteiger partial charge on any atom is 0.0304 e. The highest BCUT2D eigenvalue weighted by atomic mass is 15.3. The topological polar surface area (TPSA) is 15.3 Å². The number of rotatable bonds is 6. The van der Waals surface area contributed by atoms with Gasteiger partial charge in [-0.3, -0.25) is 4.90 Å². The molecule has 0 amide bonds. The summed E-state index contributed by atoms with van der Waals surface area (Å²) in [5.41, 5.74) is 0.383. The Labute approximate surface area is 114 Å². The lowest BCUT2D eigenvalue weighted by atomic mass is 9.86. The minimum absolute atomic E-state index is 0.383. The highest BCUT2D eigenvalue weighted by molar-refractivity contribution is 5.02. The fourth-order valence-electron chi connectivity index (χ4n) is 3.76. The molecule has 1 atom stereocenters. The standard InChI is InChI=1S/C16H32N2/c1-5-14(6-2)18-12-16(7-3,8-4)17-11-15(18)13-9-10-13/h13-15,17H,5-12H2,1-4H3. The Hall–Kier alpha value is -0.0800. The van der Waals surface area contributed by atoms with Crippen molar-refractivity contribution in [1.29, 1.82) is 0 Å². The van der Waals surface area contributed by atoms with E-state index < -0.39 is 0 Å². The van der Waals surface area contributed by atoms with E-state index in [1.54, 1.807) is 0 Å². The van der Waals surface area contributed by atoms with E-state index in [1.165, 1.54) is 51.6 Å². The molecule has 1 aliphatic heterocycles. The highest BCUT2D eigenvalue weighted by Gasteiger charge is 2.44. The molecule has 1 heterocycles. The van der Waals surface area contributed by atoms with Gasteiger partial charge in [-0.2, -0.15) is 0 Å². The summed E-state index contributed by atoms with van der Waals surface area (Å²) in [6, 6.07) is 1.62.